The molecule has 2 atom stereocenters. The Labute approximate surface area is 102 Å². The minimum atomic E-state index is -4.03. The Bertz CT molecular complexity index is 357. The molecule has 0 fully saturated rings. The van der Waals surface area contributed by atoms with Gasteiger partial charge in [-0.15, -0.1) is 0 Å². The average molecular weight is 267 g/mol. The van der Waals surface area contributed by atoms with Crippen molar-refractivity contribution in [2.45, 2.75) is 46.3 Å². The molecular weight excluding hydrogens is 246 g/mol. The van der Waals surface area contributed by atoms with Gasteiger partial charge >= 0.3 is 6.09 Å². The molecule has 102 valence electrons. The van der Waals surface area contributed by atoms with Crippen LogP contribution in [0.4, 0.5) is 4.79 Å². The molecule has 0 spiro atoms. The predicted octanol–water partition coefficient (Wildman–Crippen LogP) is 1.42. The lowest BCUT2D eigenvalue weighted by Gasteiger charge is -2.24. The fourth-order valence-corrected chi connectivity index (χ4v) is 2.07. The van der Waals surface area contributed by atoms with Gasteiger partial charge in [0.25, 0.3) is 10.1 Å². The second kappa shape index (κ2) is 5.68. The van der Waals surface area contributed by atoms with E-state index in [2.05, 4.69) is 5.32 Å². The van der Waals surface area contributed by atoms with E-state index in [9.17, 15) is 13.2 Å². The van der Waals surface area contributed by atoms with Gasteiger partial charge in [-0.1, -0.05) is 6.92 Å². The maximum atomic E-state index is 11.4. The molecule has 17 heavy (non-hydrogen) atoms. The third-order valence-corrected chi connectivity index (χ3v) is 3.02. The lowest BCUT2D eigenvalue weighted by molar-refractivity contribution is 0.0496. The molecule has 0 aromatic carbocycles. The number of ether oxygens (including phenoxy) is 1. The highest BCUT2D eigenvalue weighted by Crippen LogP contribution is 2.09. The van der Waals surface area contributed by atoms with Crippen LogP contribution in [0.25, 0.3) is 0 Å². The summed E-state index contributed by atoms with van der Waals surface area (Å²) in [6.45, 7) is 8.48. The smallest absolute Gasteiger partial charge is 0.407 e. The van der Waals surface area contributed by atoms with E-state index in [0.29, 0.717) is 0 Å². The van der Waals surface area contributed by atoms with Gasteiger partial charge in [-0.2, -0.15) is 8.42 Å². The van der Waals surface area contributed by atoms with Crippen LogP contribution in [0, 0.1) is 5.92 Å². The Balaban J connectivity index is 4.26. The Kier molecular flexibility index (Phi) is 5.41. The Hall–Kier alpha value is -0.820. The predicted molar refractivity (Wildman–Crippen MR) is 64.4 cm³/mol. The number of nitrogens with one attached hydrogen (secondary N) is 1. The SMILES string of the molecule is CC(CS(=O)(=O)O)C(C)NC(=O)OC(C)(C)C. The first kappa shape index (κ1) is 16.2. The summed E-state index contributed by atoms with van der Waals surface area (Å²) in [6.07, 6.45) is -0.604. The van der Waals surface area contributed by atoms with E-state index >= 15 is 0 Å². The Morgan fingerprint density at radius 2 is 1.82 bits per heavy atom. The number of hydrogen-bond acceptors (Lipinski definition) is 4. The van der Waals surface area contributed by atoms with Crippen molar-refractivity contribution < 1.29 is 22.5 Å². The highest BCUT2D eigenvalue weighted by molar-refractivity contribution is 7.85. The molecule has 7 heteroatoms. The zero-order chi connectivity index (χ0) is 13.9. The molecule has 0 saturated heterocycles. The number of hydrogen-bond donors (Lipinski definition) is 2. The molecule has 0 aliphatic rings. The van der Waals surface area contributed by atoms with Crippen LogP contribution in [-0.2, 0) is 14.9 Å². The molecule has 2 unspecified atom stereocenters. The third kappa shape index (κ3) is 8.93. The fraction of sp³-hybridized carbons (Fsp3) is 0.900. The van der Waals surface area contributed by atoms with Crippen LogP contribution < -0.4 is 5.32 Å². The molecule has 0 saturated carbocycles. The van der Waals surface area contributed by atoms with Crippen molar-refractivity contribution in [2.24, 2.45) is 5.92 Å². The molecule has 1 amide bonds. The van der Waals surface area contributed by atoms with Crippen molar-refractivity contribution in [3.8, 4) is 0 Å². The zero-order valence-corrected chi connectivity index (χ0v) is 11.7. The van der Waals surface area contributed by atoms with Crippen LogP contribution in [0.2, 0.25) is 0 Å². The lowest BCUT2D eigenvalue weighted by atomic mass is 10.1. The van der Waals surface area contributed by atoms with Crippen LogP contribution in [0.1, 0.15) is 34.6 Å². The second-order valence-electron chi connectivity index (χ2n) is 5.16. The van der Waals surface area contributed by atoms with Gasteiger partial charge < -0.3 is 10.1 Å². The first-order chi connectivity index (χ1) is 7.41. The van der Waals surface area contributed by atoms with Crippen LogP contribution in [0.3, 0.4) is 0 Å². The van der Waals surface area contributed by atoms with Crippen molar-refractivity contribution in [1.29, 1.82) is 0 Å². The van der Waals surface area contributed by atoms with Gasteiger partial charge in [-0.3, -0.25) is 4.55 Å². The van der Waals surface area contributed by atoms with Gasteiger partial charge in [-0.25, -0.2) is 4.79 Å². The topological polar surface area (TPSA) is 92.7 Å². The molecular formula is C10H21NO5S. The summed E-state index contributed by atoms with van der Waals surface area (Å²) in [5, 5.41) is 2.52. The molecule has 6 nitrogen and oxygen atoms in total. The van der Waals surface area contributed by atoms with E-state index in [0.717, 1.165) is 0 Å². The Morgan fingerprint density at radius 3 is 2.18 bits per heavy atom. The van der Waals surface area contributed by atoms with Gasteiger partial charge in [0.1, 0.15) is 5.60 Å². The number of alkyl carbamates (subject to hydrolysis) is 1. The first-order valence-corrected chi connectivity index (χ1v) is 6.96. The van der Waals surface area contributed by atoms with Gasteiger partial charge in [0, 0.05) is 6.04 Å². The molecule has 0 aliphatic carbocycles. The van der Waals surface area contributed by atoms with E-state index in [1.807, 2.05) is 0 Å². The summed E-state index contributed by atoms with van der Waals surface area (Å²) in [6, 6.07) is -0.410. The molecule has 2 N–H and O–H groups in total. The zero-order valence-electron chi connectivity index (χ0n) is 10.9. The summed E-state index contributed by atoms with van der Waals surface area (Å²) < 4.78 is 35.1. The largest absolute Gasteiger partial charge is 0.444 e. The first-order valence-electron chi connectivity index (χ1n) is 5.35. The lowest BCUT2D eigenvalue weighted by Crippen LogP contribution is -2.42. The molecule has 0 heterocycles. The highest BCUT2D eigenvalue weighted by Gasteiger charge is 2.23. The second-order valence-corrected chi connectivity index (χ2v) is 6.66. The minimum Gasteiger partial charge on any atom is -0.444 e. The molecule has 0 aromatic heterocycles. The van der Waals surface area contributed by atoms with E-state index in [4.69, 9.17) is 9.29 Å². The summed E-state index contributed by atoms with van der Waals surface area (Å²) in [5.74, 6) is -0.804. The Morgan fingerprint density at radius 1 is 1.35 bits per heavy atom. The van der Waals surface area contributed by atoms with E-state index < -0.39 is 39.5 Å². The van der Waals surface area contributed by atoms with Crippen molar-refractivity contribution >= 4 is 16.2 Å². The summed E-state index contributed by atoms with van der Waals surface area (Å²) >= 11 is 0. The molecule has 0 aromatic rings. The van der Waals surface area contributed by atoms with E-state index in [-0.39, 0.29) is 0 Å². The van der Waals surface area contributed by atoms with Crippen LogP contribution in [0.5, 0.6) is 0 Å². The van der Waals surface area contributed by atoms with Crippen molar-refractivity contribution in [3.63, 3.8) is 0 Å². The number of amides is 1. The van der Waals surface area contributed by atoms with E-state index in [1.165, 1.54) is 0 Å². The van der Waals surface area contributed by atoms with Crippen LogP contribution >= 0.6 is 0 Å². The van der Waals surface area contributed by atoms with E-state index in [1.54, 1.807) is 34.6 Å². The molecule has 0 bridgehead atoms. The molecule has 0 rings (SSSR count). The monoisotopic (exact) mass is 267 g/mol. The van der Waals surface area contributed by atoms with Crippen molar-refractivity contribution in [2.75, 3.05) is 5.75 Å². The fourth-order valence-electron chi connectivity index (χ4n) is 1.11. The number of carbonyl (C=O) groups excluding carboxylic acids is 1. The number of carbonyl (C=O) groups is 1. The number of rotatable bonds is 4. The van der Waals surface area contributed by atoms with Gasteiger partial charge in [0.15, 0.2) is 0 Å². The maximum absolute atomic E-state index is 11.4. The summed E-state index contributed by atoms with van der Waals surface area (Å²) in [4.78, 5) is 11.4. The standard InChI is InChI=1S/C10H21NO5S/c1-7(6-17(13,14)15)8(2)11-9(12)16-10(3,4)5/h7-8H,6H2,1-5H3,(H,11,12)(H,13,14,15). The summed E-state index contributed by atoms with van der Waals surface area (Å²) in [5.41, 5.74) is -0.601. The third-order valence-electron chi connectivity index (χ3n) is 2.07. The maximum Gasteiger partial charge on any atom is 0.407 e. The highest BCUT2D eigenvalue weighted by atomic mass is 32.2. The minimum absolute atomic E-state index is 0.399. The van der Waals surface area contributed by atoms with Crippen LogP contribution in [-0.4, -0.2) is 36.5 Å². The van der Waals surface area contributed by atoms with Gasteiger partial charge in [0.2, 0.25) is 0 Å². The van der Waals surface area contributed by atoms with Crippen LogP contribution in [0.15, 0.2) is 0 Å². The quantitative estimate of drug-likeness (QED) is 0.751. The summed E-state index contributed by atoms with van der Waals surface area (Å²) in [7, 11) is -4.03. The molecule has 0 aliphatic heterocycles. The van der Waals surface area contributed by atoms with Gasteiger partial charge in [0.05, 0.1) is 5.75 Å². The molecule has 0 radical (unpaired) electrons. The normalized spacial score (nSPS) is 16.1. The van der Waals surface area contributed by atoms with Crippen molar-refractivity contribution in [1.82, 2.24) is 5.32 Å². The van der Waals surface area contributed by atoms with Gasteiger partial charge in [-0.05, 0) is 33.6 Å². The van der Waals surface area contributed by atoms with Crippen molar-refractivity contribution in [3.05, 3.63) is 0 Å². The average Bonchev–Trinajstić information content (AvgIpc) is 1.95.